The molecule has 0 bridgehead atoms. The van der Waals surface area contributed by atoms with E-state index in [2.05, 4.69) is 20.4 Å². The summed E-state index contributed by atoms with van der Waals surface area (Å²) in [4.78, 5) is 14.5. The maximum atomic E-state index is 12.4. The van der Waals surface area contributed by atoms with E-state index in [1.807, 2.05) is 31.3 Å². The standard InChI is InChI=1S/C20H25N5O3/c1-24(8-10-27-2)9-11-28-18-5-3-4-16(12-18)13-21-20(26)17-6-7-19-23-22-15-25(19)14-17/h3-7,12,14-15H,8-11,13H2,1-2H3,(H,21,26). The van der Waals surface area contributed by atoms with Gasteiger partial charge < -0.3 is 19.7 Å². The van der Waals surface area contributed by atoms with Gasteiger partial charge in [-0.15, -0.1) is 10.2 Å². The number of benzene rings is 1. The van der Waals surface area contributed by atoms with Crippen LogP contribution >= 0.6 is 0 Å². The number of hydrogen-bond donors (Lipinski definition) is 1. The summed E-state index contributed by atoms with van der Waals surface area (Å²) in [7, 11) is 3.73. The largest absolute Gasteiger partial charge is 0.492 e. The fourth-order valence-corrected chi connectivity index (χ4v) is 2.67. The third kappa shape index (κ3) is 5.51. The summed E-state index contributed by atoms with van der Waals surface area (Å²) in [5, 5.41) is 10.7. The number of ether oxygens (including phenoxy) is 2. The van der Waals surface area contributed by atoms with Crippen LogP contribution in [0.1, 0.15) is 15.9 Å². The van der Waals surface area contributed by atoms with Crippen LogP contribution in [-0.4, -0.2) is 65.9 Å². The summed E-state index contributed by atoms with van der Waals surface area (Å²) in [6.07, 6.45) is 3.28. The molecule has 0 radical (unpaired) electrons. The Balaban J connectivity index is 1.49. The molecule has 0 aliphatic rings. The van der Waals surface area contributed by atoms with E-state index >= 15 is 0 Å². The van der Waals surface area contributed by atoms with Crippen LogP contribution in [0.2, 0.25) is 0 Å². The molecule has 0 atom stereocenters. The highest BCUT2D eigenvalue weighted by Gasteiger charge is 2.07. The molecule has 148 valence electrons. The zero-order valence-corrected chi connectivity index (χ0v) is 16.2. The van der Waals surface area contributed by atoms with Gasteiger partial charge >= 0.3 is 0 Å². The van der Waals surface area contributed by atoms with E-state index in [1.165, 1.54) is 0 Å². The Hall–Kier alpha value is -2.97. The average Bonchev–Trinajstić information content (AvgIpc) is 3.18. The van der Waals surface area contributed by atoms with E-state index in [0.29, 0.717) is 31.0 Å². The highest BCUT2D eigenvalue weighted by Crippen LogP contribution is 2.13. The molecule has 0 aliphatic heterocycles. The van der Waals surface area contributed by atoms with Crippen LogP contribution in [0.15, 0.2) is 48.9 Å². The first-order chi connectivity index (χ1) is 13.7. The monoisotopic (exact) mass is 383 g/mol. The molecule has 0 unspecified atom stereocenters. The molecule has 3 aromatic rings. The summed E-state index contributed by atoms with van der Waals surface area (Å²) in [6, 6.07) is 11.2. The van der Waals surface area contributed by atoms with Gasteiger partial charge in [0.25, 0.3) is 5.91 Å². The van der Waals surface area contributed by atoms with Gasteiger partial charge in [-0.3, -0.25) is 9.20 Å². The van der Waals surface area contributed by atoms with E-state index < -0.39 is 0 Å². The van der Waals surface area contributed by atoms with Crippen molar-refractivity contribution in [2.75, 3.05) is 40.5 Å². The van der Waals surface area contributed by atoms with Gasteiger partial charge in [-0.1, -0.05) is 12.1 Å². The van der Waals surface area contributed by atoms with Crippen molar-refractivity contribution >= 4 is 11.6 Å². The second-order valence-corrected chi connectivity index (χ2v) is 6.49. The maximum absolute atomic E-state index is 12.4. The third-order valence-electron chi connectivity index (χ3n) is 4.32. The molecule has 0 spiro atoms. The van der Waals surface area contributed by atoms with Crippen LogP contribution in [0.3, 0.4) is 0 Å². The predicted octanol–water partition coefficient (Wildman–Crippen LogP) is 1.62. The Labute approximate surface area is 164 Å². The molecule has 0 saturated heterocycles. The Kier molecular flexibility index (Phi) is 6.94. The fourth-order valence-electron chi connectivity index (χ4n) is 2.67. The first-order valence-electron chi connectivity index (χ1n) is 9.12. The van der Waals surface area contributed by atoms with Crippen LogP contribution in [0.4, 0.5) is 0 Å². The lowest BCUT2D eigenvalue weighted by Crippen LogP contribution is -2.27. The maximum Gasteiger partial charge on any atom is 0.253 e. The van der Waals surface area contributed by atoms with Crippen molar-refractivity contribution in [1.29, 1.82) is 0 Å². The molecular weight excluding hydrogens is 358 g/mol. The van der Waals surface area contributed by atoms with E-state index in [-0.39, 0.29) is 5.91 Å². The lowest BCUT2D eigenvalue weighted by atomic mass is 10.2. The van der Waals surface area contributed by atoms with E-state index in [0.717, 1.165) is 24.4 Å². The Morgan fingerprint density at radius 3 is 2.93 bits per heavy atom. The minimum absolute atomic E-state index is 0.151. The second-order valence-electron chi connectivity index (χ2n) is 6.49. The lowest BCUT2D eigenvalue weighted by Gasteiger charge is -2.16. The highest BCUT2D eigenvalue weighted by molar-refractivity contribution is 5.94. The number of aromatic nitrogens is 3. The van der Waals surface area contributed by atoms with E-state index in [9.17, 15) is 4.79 Å². The van der Waals surface area contributed by atoms with E-state index in [1.54, 1.807) is 36.2 Å². The molecule has 0 fully saturated rings. The molecule has 28 heavy (non-hydrogen) atoms. The summed E-state index contributed by atoms with van der Waals surface area (Å²) in [6.45, 7) is 3.40. The van der Waals surface area contributed by atoms with Crippen molar-refractivity contribution in [1.82, 2.24) is 24.8 Å². The fraction of sp³-hybridized carbons (Fsp3) is 0.350. The highest BCUT2D eigenvalue weighted by atomic mass is 16.5. The predicted molar refractivity (Wildman–Crippen MR) is 105 cm³/mol. The summed E-state index contributed by atoms with van der Waals surface area (Å²) in [5.74, 6) is 0.638. The molecule has 2 heterocycles. The van der Waals surface area contributed by atoms with Crippen molar-refractivity contribution in [3.05, 3.63) is 60.0 Å². The summed E-state index contributed by atoms with van der Waals surface area (Å²) < 4.78 is 12.6. The molecule has 0 aliphatic carbocycles. The quantitative estimate of drug-likeness (QED) is 0.573. The lowest BCUT2D eigenvalue weighted by molar-refractivity contribution is 0.0950. The van der Waals surface area contributed by atoms with Crippen molar-refractivity contribution in [3.8, 4) is 5.75 Å². The molecule has 0 saturated carbocycles. The molecule has 2 aromatic heterocycles. The molecule has 1 aromatic carbocycles. The number of nitrogens with one attached hydrogen (secondary N) is 1. The van der Waals surface area contributed by atoms with Gasteiger partial charge in [-0.2, -0.15) is 0 Å². The SMILES string of the molecule is COCCN(C)CCOc1cccc(CNC(=O)c2ccc3nncn3c2)c1. The third-order valence-corrected chi connectivity index (χ3v) is 4.32. The zero-order chi connectivity index (χ0) is 19.8. The van der Waals surface area contributed by atoms with Gasteiger partial charge in [-0.25, -0.2) is 0 Å². The minimum atomic E-state index is -0.151. The van der Waals surface area contributed by atoms with Crippen LogP contribution in [-0.2, 0) is 11.3 Å². The van der Waals surface area contributed by atoms with Crippen molar-refractivity contribution in [2.24, 2.45) is 0 Å². The number of amides is 1. The molecule has 8 heteroatoms. The number of rotatable bonds is 10. The summed E-state index contributed by atoms with van der Waals surface area (Å²) in [5.41, 5.74) is 2.23. The first-order valence-corrected chi connectivity index (χ1v) is 9.12. The molecule has 8 nitrogen and oxygen atoms in total. The number of likely N-dealkylation sites (N-methyl/N-ethyl adjacent to an activating group) is 1. The van der Waals surface area contributed by atoms with Gasteiger partial charge in [0, 0.05) is 32.9 Å². The smallest absolute Gasteiger partial charge is 0.253 e. The topological polar surface area (TPSA) is 81.0 Å². The van der Waals surface area contributed by atoms with Crippen molar-refractivity contribution < 1.29 is 14.3 Å². The van der Waals surface area contributed by atoms with Crippen LogP contribution in [0, 0.1) is 0 Å². The number of fused-ring (bicyclic) bond motifs is 1. The van der Waals surface area contributed by atoms with E-state index in [4.69, 9.17) is 9.47 Å². The molecule has 1 N–H and O–H groups in total. The molecule has 1 amide bonds. The normalized spacial score (nSPS) is 11.1. The zero-order valence-electron chi connectivity index (χ0n) is 16.2. The number of pyridine rings is 1. The van der Waals surface area contributed by atoms with Gasteiger partial charge in [0.05, 0.1) is 12.2 Å². The van der Waals surface area contributed by atoms with Crippen molar-refractivity contribution in [3.63, 3.8) is 0 Å². The molecule has 3 rings (SSSR count). The second kappa shape index (κ2) is 9.82. The van der Waals surface area contributed by atoms with Crippen LogP contribution in [0.25, 0.3) is 5.65 Å². The Morgan fingerprint density at radius 2 is 2.07 bits per heavy atom. The van der Waals surface area contributed by atoms with Crippen LogP contribution in [0.5, 0.6) is 5.75 Å². The first kappa shape index (κ1) is 19.8. The molecular formula is C20H25N5O3. The number of carbonyl (C=O) groups is 1. The minimum Gasteiger partial charge on any atom is -0.492 e. The average molecular weight is 383 g/mol. The Bertz CT molecular complexity index is 912. The number of carbonyl (C=O) groups excluding carboxylic acids is 1. The Morgan fingerprint density at radius 1 is 1.21 bits per heavy atom. The number of methoxy groups -OCH3 is 1. The number of hydrogen-bond acceptors (Lipinski definition) is 6. The van der Waals surface area contributed by atoms with Gasteiger partial charge in [-0.05, 0) is 36.9 Å². The van der Waals surface area contributed by atoms with Gasteiger partial charge in [0.1, 0.15) is 18.7 Å². The van der Waals surface area contributed by atoms with Gasteiger partial charge in [0.2, 0.25) is 0 Å². The summed E-state index contributed by atoms with van der Waals surface area (Å²) >= 11 is 0. The number of nitrogens with zero attached hydrogens (tertiary/aromatic N) is 4. The van der Waals surface area contributed by atoms with Crippen LogP contribution < -0.4 is 10.1 Å². The van der Waals surface area contributed by atoms with Gasteiger partial charge in [0.15, 0.2) is 5.65 Å². The van der Waals surface area contributed by atoms with Crippen molar-refractivity contribution in [2.45, 2.75) is 6.54 Å².